The molecule has 1 aromatic heterocycles. The molecule has 3 heterocycles. The molecule has 0 spiro atoms. The Labute approximate surface area is 238 Å². The first-order chi connectivity index (χ1) is 18.8. The van der Waals surface area contributed by atoms with Crippen molar-refractivity contribution in [1.82, 2.24) is 20.5 Å². The Morgan fingerprint density at radius 2 is 1.93 bits per heavy atom. The maximum Gasteiger partial charge on any atom is 0.255 e. The zero-order chi connectivity index (χ0) is 28.8. The number of anilines is 3. The van der Waals surface area contributed by atoms with E-state index in [0.717, 1.165) is 51.9 Å². The minimum Gasteiger partial charge on any atom is -0.492 e. The molecular formula is C27H33N7O4S2. The van der Waals surface area contributed by atoms with Crippen LogP contribution in [0.3, 0.4) is 0 Å². The quantitative estimate of drug-likeness (QED) is 0.325. The molecule has 1 amide bonds. The molecule has 0 unspecified atom stereocenters. The molecule has 0 saturated carbocycles. The van der Waals surface area contributed by atoms with Gasteiger partial charge in [-0.3, -0.25) is 20.0 Å². The van der Waals surface area contributed by atoms with Gasteiger partial charge in [0, 0.05) is 17.9 Å². The summed E-state index contributed by atoms with van der Waals surface area (Å²) in [6.45, 7) is 8.90. The summed E-state index contributed by atoms with van der Waals surface area (Å²) < 4.78 is 34.3. The smallest absolute Gasteiger partial charge is 0.255 e. The van der Waals surface area contributed by atoms with E-state index in [9.17, 15) is 13.2 Å². The first kappa shape index (κ1) is 27.9. The molecule has 2 aliphatic rings. The molecule has 0 atom stereocenters. The second-order valence-electron chi connectivity index (χ2n) is 10.8. The van der Waals surface area contributed by atoms with E-state index < -0.39 is 10.0 Å². The number of aromatic nitrogens is 2. The molecule has 0 fully saturated rings. The monoisotopic (exact) mass is 583 g/mol. The van der Waals surface area contributed by atoms with E-state index in [4.69, 9.17) is 4.74 Å². The summed E-state index contributed by atoms with van der Waals surface area (Å²) in [5, 5.41) is 5.77. The first-order valence-corrected chi connectivity index (χ1v) is 15.6. The molecule has 5 rings (SSSR count). The highest BCUT2D eigenvalue weighted by Gasteiger charge is 2.25. The van der Waals surface area contributed by atoms with Crippen LogP contribution in [0.1, 0.15) is 48.0 Å². The summed E-state index contributed by atoms with van der Waals surface area (Å²) in [4.78, 5) is 18.0. The van der Waals surface area contributed by atoms with E-state index in [-0.39, 0.29) is 22.8 Å². The van der Waals surface area contributed by atoms with Gasteiger partial charge in [0.1, 0.15) is 0 Å². The number of fused-ring (bicyclic) bond motifs is 1. The Hall–Kier alpha value is -3.68. The lowest BCUT2D eigenvalue weighted by atomic mass is 9.86. The molecular weight excluding hydrogens is 550 g/mol. The van der Waals surface area contributed by atoms with Crippen LogP contribution in [0.15, 0.2) is 47.9 Å². The topological polar surface area (TPSA) is 130 Å². The number of aryl methyl sites for hydroxylation is 1. The summed E-state index contributed by atoms with van der Waals surface area (Å²) in [5.41, 5.74) is 11.5. The van der Waals surface area contributed by atoms with Gasteiger partial charge in [0.15, 0.2) is 10.9 Å². The first-order valence-electron chi connectivity index (χ1n) is 12.7. The molecule has 0 bridgehead atoms. The number of sulfonamides is 1. The van der Waals surface area contributed by atoms with Crippen molar-refractivity contribution in [3.8, 4) is 5.75 Å². The van der Waals surface area contributed by atoms with Gasteiger partial charge in [-0.05, 0) is 47.7 Å². The number of ether oxygens (including phenoxy) is 1. The Morgan fingerprint density at radius 3 is 2.62 bits per heavy atom. The van der Waals surface area contributed by atoms with E-state index in [1.807, 2.05) is 57.2 Å². The largest absolute Gasteiger partial charge is 0.492 e. The van der Waals surface area contributed by atoms with Gasteiger partial charge in [-0.2, -0.15) is 0 Å². The zero-order valence-corrected chi connectivity index (χ0v) is 24.9. The molecule has 40 heavy (non-hydrogen) atoms. The van der Waals surface area contributed by atoms with Gasteiger partial charge in [0.25, 0.3) is 5.91 Å². The van der Waals surface area contributed by atoms with Gasteiger partial charge in [-0.15, -0.1) is 5.53 Å². The number of hydrogen-bond donors (Lipinski definition) is 4. The molecule has 0 radical (unpaired) electrons. The summed E-state index contributed by atoms with van der Waals surface area (Å²) in [7, 11) is -2.15. The van der Waals surface area contributed by atoms with Crippen LogP contribution in [0.25, 0.3) is 5.70 Å². The van der Waals surface area contributed by atoms with Crippen molar-refractivity contribution in [2.75, 3.05) is 34.2 Å². The fourth-order valence-corrected chi connectivity index (χ4v) is 6.04. The third kappa shape index (κ3) is 5.62. The van der Waals surface area contributed by atoms with Crippen LogP contribution in [0.5, 0.6) is 5.75 Å². The molecule has 2 aliphatic heterocycles. The Balaban J connectivity index is 1.45. The lowest BCUT2D eigenvalue weighted by Gasteiger charge is -2.24. The van der Waals surface area contributed by atoms with Crippen LogP contribution in [0.2, 0.25) is 0 Å². The number of imidazole rings is 1. The van der Waals surface area contributed by atoms with Crippen molar-refractivity contribution in [1.29, 1.82) is 0 Å². The van der Waals surface area contributed by atoms with Gasteiger partial charge in [-0.25, -0.2) is 13.4 Å². The highest BCUT2D eigenvalue weighted by molar-refractivity contribution is 7.99. The zero-order valence-electron chi connectivity index (χ0n) is 23.2. The van der Waals surface area contributed by atoms with Crippen molar-refractivity contribution in [3.05, 3.63) is 65.1 Å². The second-order valence-corrected chi connectivity index (χ2v) is 13.6. The molecule has 3 aromatic rings. The maximum absolute atomic E-state index is 13.5. The number of thioether (sulfide) groups is 1. The Morgan fingerprint density at radius 1 is 1.18 bits per heavy atom. The van der Waals surface area contributed by atoms with Crippen molar-refractivity contribution < 1.29 is 17.9 Å². The van der Waals surface area contributed by atoms with E-state index in [2.05, 4.69) is 30.6 Å². The summed E-state index contributed by atoms with van der Waals surface area (Å²) in [6.07, 6.45) is 4.87. The molecule has 2 aromatic carbocycles. The highest BCUT2D eigenvalue weighted by Crippen LogP contribution is 2.39. The maximum atomic E-state index is 13.5. The number of carbonyl (C=O) groups excluding carboxylic acids is 1. The number of hydrazine groups is 2. The number of nitrogens with one attached hydrogen (secondary N) is 4. The fourth-order valence-electron chi connectivity index (χ4n) is 4.56. The Bertz CT molecular complexity index is 1620. The number of benzene rings is 2. The predicted molar refractivity (Wildman–Crippen MR) is 159 cm³/mol. The lowest BCUT2D eigenvalue weighted by Crippen LogP contribution is -2.36. The van der Waals surface area contributed by atoms with Crippen molar-refractivity contribution in [3.63, 3.8) is 0 Å². The number of amides is 1. The van der Waals surface area contributed by atoms with Crippen LogP contribution >= 0.6 is 11.8 Å². The van der Waals surface area contributed by atoms with E-state index in [1.165, 1.54) is 7.11 Å². The normalized spacial score (nSPS) is 14.9. The molecule has 0 aliphatic carbocycles. The van der Waals surface area contributed by atoms with Crippen LogP contribution in [-0.4, -0.2) is 43.0 Å². The number of hydrogen-bond acceptors (Lipinski definition) is 9. The van der Waals surface area contributed by atoms with E-state index in [1.54, 1.807) is 30.0 Å². The summed E-state index contributed by atoms with van der Waals surface area (Å²) in [6, 6.07) is 8.96. The predicted octanol–water partition coefficient (Wildman–Crippen LogP) is 4.05. The van der Waals surface area contributed by atoms with Crippen molar-refractivity contribution in [2.24, 2.45) is 0 Å². The third-order valence-corrected chi connectivity index (χ3v) is 8.21. The SMILES string of the molecule is COc1c(NC(=O)c2ccc(C)c(N3C=C(c4cnc5n4CCS5)NN3)c2)cc(C(C)(C)C)cc1NS(C)(=O)=O. The van der Waals surface area contributed by atoms with Crippen molar-refractivity contribution >= 4 is 50.5 Å². The van der Waals surface area contributed by atoms with E-state index in [0.29, 0.717) is 11.3 Å². The van der Waals surface area contributed by atoms with E-state index >= 15 is 0 Å². The van der Waals surface area contributed by atoms with Crippen LogP contribution in [0.4, 0.5) is 17.1 Å². The lowest BCUT2D eigenvalue weighted by molar-refractivity contribution is 0.102. The standard InChI is InChI=1S/C27H33N7O4S2/c1-16-7-8-17(11-22(16)34-15-21(30-32-34)23-14-28-26-33(23)9-10-39-26)25(35)29-19-12-18(27(2,3)4)13-20(24(19)38-5)31-40(6,36)37/h7-8,11-15,30-32H,9-10H2,1-6H3,(H,29,35). The number of methoxy groups -OCH3 is 1. The van der Waals surface area contributed by atoms with Gasteiger partial charge >= 0.3 is 0 Å². The molecule has 212 valence electrons. The van der Waals surface area contributed by atoms with Crippen LogP contribution in [0, 0.1) is 6.92 Å². The number of nitrogens with zero attached hydrogens (tertiary/aromatic N) is 3. The minimum absolute atomic E-state index is 0.226. The van der Waals surface area contributed by atoms with Gasteiger partial charge in [0.2, 0.25) is 10.0 Å². The highest BCUT2D eigenvalue weighted by atomic mass is 32.2. The van der Waals surface area contributed by atoms with Crippen molar-refractivity contribution in [2.45, 2.75) is 44.8 Å². The second kappa shape index (κ2) is 10.4. The van der Waals surface area contributed by atoms with Gasteiger partial charge in [-0.1, -0.05) is 38.6 Å². The molecule has 11 nitrogen and oxygen atoms in total. The third-order valence-electron chi connectivity index (χ3n) is 6.64. The average Bonchev–Trinajstić information content (AvgIpc) is 3.60. The molecule has 0 saturated heterocycles. The van der Waals surface area contributed by atoms with Gasteiger partial charge < -0.3 is 14.6 Å². The summed E-state index contributed by atoms with van der Waals surface area (Å²) in [5.74, 6) is 0.869. The molecule has 4 N–H and O–H groups in total. The number of carbonyl (C=O) groups is 1. The fraction of sp³-hybridized carbons (Fsp3) is 0.333. The minimum atomic E-state index is -3.59. The van der Waals surface area contributed by atoms with Gasteiger partial charge in [0.05, 0.1) is 54.2 Å². The van der Waals surface area contributed by atoms with Crippen LogP contribution in [-0.2, 0) is 22.0 Å². The Kier molecular flexibility index (Phi) is 7.23. The summed E-state index contributed by atoms with van der Waals surface area (Å²) >= 11 is 1.74. The van der Waals surface area contributed by atoms with Crippen LogP contribution < -0.4 is 30.7 Å². The average molecular weight is 584 g/mol. The molecule has 13 heteroatoms. The number of rotatable bonds is 7.